The number of ether oxygens (including phenoxy) is 1. The Hall–Kier alpha value is -0.730. The van der Waals surface area contributed by atoms with Gasteiger partial charge in [-0.15, -0.1) is 0 Å². The van der Waals surface area contributed by atoms with Gasteiger partial charge in [0.05, 0.1) is 22.6 Å². The third kappa shape index (κ3) is 3.73. The number of hydrogen-bond acceptors (Lipinski definition) is 4. The SMILES string of the molecule is CCOC1CC(NS(=O)(=O)c2cc(F)c(Cl)c(CO)c2)C1. The summed E-state index contributed by atoms with van der Waals surface area (Å²) >= 11 is 5.65. The summed E-state index contributed by atoms with van der Waals surface area (Å²) in [4.78, 5) is -0.242. The van der Waals surface area contributed by atoms with E-state index in [9.17, 15) is 12.8 Å². The van der Waals surface area contributed by atoms with E-state index in [0.717, 1.165) is 6.07 Å². The van der Waals surface area contributed by atoms with Crippen molar-refractivity contribution in [2.24, 2.45) is 0 Å². The maximum atomic E-state index is 13.6. The van der Waals surface area contributed by atoms with Crippen molar-refractivity contribution in [3.05, 3.63) is 28.5 Å². The topological polar surface area (TPSA) is 75.6 Å². The summed E-state index contributed by atoms with van der Waals surface area (Å²) < 4.78 is 45.8. The van der Waals surface area contributed by atoms with Gasteiger partial charge in [-0.2, -0.15) is 0 Å². The number of benzene rings is 1. The second-order valence-electron chi connectivity index (χ2n) is 4.90. The van der Waals surface area contributed by atoms with Gasteiger partial charge in [-0.1, -0.05) is 11.6 Å². The molecule has 0 aromatic heterocycles. The average Bonchev–Trinajstić information content (AvgIpc) is 2.39. The van der Waals surface area contributed by atoms with Gasteiger partial charge in [-0.3, -0.25) is 0 Å². The van der Waals surface area contributed by atoms with Gasteiger partial charge in [-0.25, -0.2) is 17.5 Å². The molecule has 0 amide bonds. The number of nitrogens with one attached hydrogen (secondary N) is 1. The Labute approximate surface area is 128 Å². The molecule has 1 aromatic rings. The van der Waals surface area contributed by atoms with E-state index in [-0.39, 0.29) is 27.6 Å². The van der Waals surface area contributed by atoms with Crippen LogP contribution in [0.3, 0.4) is 0 Å². The van der Waals surface area contributed by atoms with Gasteiger partial charge in [0.1, 0.15) is 5.82 Å². The molecule has 5 nitrogen and oxygen atoms in total. The van der Waals surface area contributed by atoms with Crippen molar-refractivity contribution in [1.82, 2.24) is 4.72 Å². The van der Waals surface area contributed by atoms with Crippen LogP contribution in [-0.4, -0.2) is 32.3 Å². The number of hydrogen-bond donors (Lipinski definition) is 2. The molecule has 2 rings (SSSR count). The molecule has 0 bridgehead atoms. The first-order chi connectivity index (χ1) is 9.87. The van der Waals surface area contributed by atoms with E-state index in [4.69, 9.17) is 21.4 Å². The number of halogens is 2. The Kier molecular flexibility index (Phi) is 5.21. The Morgan fingerprint density at radius 3 is 2.71 bits per heavy atom. The van der Waals surface area contributed by atoms with Gasteiger partial charge in [0.2, 0.25) is 10.0 Å². The largest absolute Gasteiger partial charge is 0.392 e. The molecule has 118 valence electrons. The minimum atomic E-state index is -3.85. The lowest BCUT2D eigenvalue weighted by Crippen LogP contribution is -2.47. The second kappa shape index (κ2) is 6.58. The predicted molar refractivity (Wildman–Crippen MR) is 76.1 cm³/mol. The van der Waals surface area contributed by atoms with Crippen molar-refractivity contribution in [1.29, 1.82) is 0 Å². The van der Waals surface area contributed by atoms with Crippen LogP contribution in [0, 0.1) is 5.82 Å². The molecule has 1 aliphatic rings. The van der Waals surface area contributed by atoms with Crippen LogP contribution in [-0.2, 0) is 21.4 Å². The lowest BCUT2D eigenvalue weighted by atomic mass is 9.90. The summed E-state index contributed by atoms with van der Waals surface area (Å²) in [6.45, 7) is 1.94. The quantitative estimate of drug-likeness (QED) is 0.830. The summed E-state index contributed by atoms with van der Waals surface area (Å²) in [6, 6.07) is 1.80. The molecular weight excluding hydrogens is 321 g/mol. The molecule has 0 aliphatic heterocycles. The highest BCUT2D eigenvalue weighted by Gasteiger charge is 2.33. The normalized spacial score (nSPS) is 22.1. The van der Waals surface area contributed by atoms with E-state index >= 15 is 0 Å². The van der Waals surface area contributed by atoms with Crippen LogP contribution < -0.4 is 4.72 Å². The highest BCUT2D eigenvalue weighted by atomic mass is 35.5. The summed E-state index contributed by atoms with van der Waals surface area (Å²) in [5.74, 6) is -0.871. The summed E-state index contributed by atoms with van der Waals surface area (Å²) in [7, 11) is -3.85. The molecule has 0 spiro atoms. The zero-order valence-electron chi connectivity index (χ0n) is 11.5. The lowest BCUT2D eigenvalue weighted by molar-refractivity contribution is -0.00476. The first-order valence-corrected chi connectivity index (χ1v) is 8.46. The van der Waals surface area contributed by atoms with E-state index in [2.05, 4.69) is 4.72 Å². The van der Waals surface area contributed by atoms with E-state index in [1.54, 1.807) is 0 Å². The van der Waals surface area contributed by atoms with Crippen LogP contribution in [0.25, 0.3) is 0 Å². The zero-order valence-corrected chi connectivity index (χ0v) is 13.0. The molecule has 0 saturated heterocycles. The Morgan fingerprint density at radius 1 is 1.48 bits per heavy atom. The Bertz CT molecular complexity index is 617. The van der Waals surface area contributed by atoms with Crippen molar-refractivity contribution in [3.63, 3.8) is 0 Å². The van der Waals surface area contributed by atoms with Gasteiger partial charge >= 0.3 is 0 Å². The highest BCUT2D eigenvalue weighted by molar-refractivity contribution is 7.89. The lowest BCUT2D eigenvalue weighted by Gasteiger charge is -2.35. The van der Waals surface area contributed by atoms with E-state index in [0.29, 0.717) is 19.4 Å². The minimum Gasteiger partial charge on any atom is -0.392 e. The van der Waals surface area contributed by atoms with Crippen LogP contribution in [0.5, 0.6) is 0 Å². The fourth-order valence-corrected chi connectivity index (χ4v) is 3.70. The van der Waals surface area contributed by atoms with Gasteiger partial charge < -0.3 is 9.84 Å². The van der Waals surface area contributed by atoms with Crippen molar-refractivity contribution in [3.8, 4) is 0 Å². The third-order valence-electron chi connectivity index (χ3n) is 3.38. The van der Waals surface area contributed by atoms with Crippen LogP contribution in [0.4, 0.5) is 4.39 Å². The fourth-order valence-electron chi connectivity index (χ4n) is 2.21. The molecule has 8 heteroatoms. The average molecular weight is 338 g/mol. The molecule has 0 unspecified atom stereocenters. The zero-order chi connectivity index (χ0) is 15.6. The molecule has 0 atom stereocenters. The van der Waals surface area contributed by atoms with Gasteiger partial charge in [-0.05, 0) is 31.9 Å². The summed E-state index contributed by atoms with van der Waals surface area (Å²) in [5, 5.41) is 8.82. The third-order valence-corrected chi connectivity index (χ3v) is 5.30. The fraction of sp³-hybridized carbons (Fsp3) is 0.538. The monoisotopic (exact) mass is 337 g/mol. The van der Waals surface area contributed by atoms with Crippen LogP contribution in [0.15, 0.2) is 17.0 Å². The number of sulfonamides is 1. The van der Waals surface area contributed by atoms with Crippen LogP contribution in [0.2, 0.25) is 5.02 Å². The van der Waals surface area contributed by atoms with Crippen molar-refractivity contribution in [2.45, 2.75) is 43.4 Å². The van der Waals surface area contributed by atoms with Gasteiger partial charge in [0.25, 0.3) is 0 Å². The van der Waals surface area contributed by atoms with E-state index < -0.39 is 22.4 Å². The van der Waals surface area contributed by atoms with Gasteiger partial charge in [0.15, 0.2) is 0 Å². The predicted octanol–water partition coefficient (Wildman–Crippen LogP) is 1.82. The Balaban J connectivity index is 2.12. The summed E-state index contributed by atoms with van der Waals surface area (Å²) in [6.07, 6.45) is 1.25. The minimum absolute atomic E-state index is 0.0397. The molecular formula is C13H17ClFNO4S. The van der Waals surface area contributed by atoms with E-state index in [1.807, 2.05) is 6.92 Å². The number of aliphatic hydroxyl groups is 1. The first-order valence-electron chi connectivity index (χ1n) is 6.60. The maximum absolute atomic E-state index is 13.6. The van der Waals surface area contributed by atoms with E-state index in [1.165, 1.54) is 6.07 Å². The summed E-state index contributed by atoms with van der Waals surface area (Å²) in [5.41, 5.74) is 0.0397. The smallest absolute Gasteiger partial charge is 0.240 e. The highest BCUT2D eigenvalue weighted by Crippen LogP contribution is 2.27. The van der Waals surface area contributed by atoms with Crippen molar-refractivity contribution >= 4 is 21.6 Å². The second-order valence-corrected chi connectivity index (χ2v) is 7.00. The van der Waals surface area contributed by atoms with Gasteiger partial charge in [0, 0.05) is 18.2 Å². The molecule has 21 heavy (non-hydrogen) atoms. The van der Waals surface area contributed by atoms with Crippen LogP contribution in [0.1, 0.15) is 25.3 Å². The molecule has 1 aliphatic carbocycles. The number of aliphatic hydroxyl groups excluding tert-OH is 1. The number of rotatable bonds is 6. The first kappa shape index (κ1) is 16.6. The molecule has 1 fully saturated rings. The molecule has 1 aromatic carbocycles. The van der Waals surface area contributed by atoms with Crippen molar-refractivity contribution < 1.29 is 22.7 Å². The van der Waals surface area contributed by atoms with Crippen molar-refractivity contribution in [2.75, 3.05) is 6.61 Å². The maximum Gasteiger partial charge on any atom is 0.240 e. The Morgan fingerprint density at radius 2 is 2.14 bits per heavy atom. The molecule has 1 saturated carbocycles. The molecule has 0 radical (unpaired) electrons. The standard InChI is InChI=1S/C13H17ClFNO4S/c1-2-20-10-4-9(5-10)16-21(18,19)11-3-8(7-17)13(14)12(15)6-11/h3,6,9-10,16-17H,2,4-5,7H2,1H3. The van der Waals surface area contributed by atoms with Crippen LogP contribution >= 0.6 is 11.6 Å². The molecule has 2 N–H and O–H groups in total. The molecule has 0 heterocycles.